The first-order chi connectivity index (χ1) is 14.1. The lowest BCUT2D eigenvalue weighted by molar-refractivity contribution is -0.123. The zero-order valence-electron chi connectivity index (χ0n) is 16.5. The van der Waals surface area contributed by atoms with Crippen molar-refractivity contribution in [2.45, 2.75) is 44.8 Å². The number of carbonyl (C=O) groups excluding carboxylic acids is 1. The molecule has 0 spiro atoms. The molecular formula is C19H23F3N4O3S. The van der Waals surface area contributed by atoms with Crippen LogP contribution in [0.15, 0.2) is 12.1 Å². The molecule has 0 unspecified atom stereocenters. The third-order valence-electron chi connectivity index (χ3n) is 4.91. The molecule has 0 atom stereocenters. The molecule has 2 heterocycles. The van der Waals surface area contributed by atoms with Gasteiger partial charge in [0.1, 0.15) is 18.0 Å². The van der Waals surface area contributed by atoms with E-state index in [1.165, 1.54) is 10.6 Å². The molecule has 1 aliphatic heterocycles. The van der Waals surface area contributed by atoms with E-state index < -0.39 is 18.6 Å². The fraction of sp³-hybridized carbons (Fsp3) is 0.526. The largest absolute Gasteiger partial charge is 0.508 e. The number of phenolic OH excluding ortho intramolecular Hbond substituents is 2. The van der Waals surface area contributed by atoms with Crippen molar-refractivity contribution in [2.75, 3.05) is 18.1 Å². The van der Waals surface area contributed by atoms with Crippen LogP contribution >= 0.6 is 11.8 Å². The highest BCUT2D eigenvalue weighted by atomic mass is 32.2. The summed E-state index contributed by atoms with van der Waals surface area (Å²) in [5.74, 6) is 0.240. The van der Waals surface area contributed by atoms with Gasteiger partial charge in [-0.2, -0.15) is 24.9 Å². The minimum absolute atomic E-state index is 0.0543. The Bertz CT molecular complexity index is 924. The summed E-state index contributed by atoms with van der Waals surface area (Å²) in [4.78, 5) is 12.5. The lowest BCUT2D eigenvalue weighted by Crippen LogP contribution is -2.36. The van der Waals surface area contributed by atoms with Crippen LogP contribution in [0.25, 0.3) is 11.4 Å². The number of aromatic hydroxyl groups is 2. The van der Waals surface area contributed by atoms with Crippen molar-refractivity contribution in [1.29, 1.82) is 0 Å². The Labute approximate surface area is 175 Å². The first-order valence-corrected chi connectivity index (χ1v) is 10.7. The number of hydrogen-bond donors (Lipinski definition) is 3. The minimum atomic E-state index is -4.55. The third-order valence-corrected chi connectivity index (χ3v) is 5.96. The molecule has 30 heavy (non-hydrogen) atoms. The van der Waals surface area contributed by atoms with Crippen LogP contribution in [0.2, 0.25) is 0 Å². The fourth-order valence-corrected chi connectivity index (χ4v) is 4.50. The van der Waals surface area contributed by atoms with Crippen LogP contribution in [0.4, 0.5) is 13.2 Å². The normalized spacial score (nSPS) is 15.5. The molecule has 0 saturated carbocycles. The van der Waals surface area contributed by atoms with Crippen molar-refractivity contribution in [3.05, 3.63) is 23.5 Å². The summed E-state index contributed by atoms with van der Waals surface area (Å²) >= 11 is 1.75. The van der Waals surface area contributed by atoms with Crippen LogP contribution in [-0.4, -0.2) is 55.1 Å². The summed E-state index contributed by atoms with van der Waals surface area (Å²) in [5, 5.41) is 30.3. The number of halogens is 3. The molecule has 2 aromatic rings. The van der Waals surface area contributed by atoms with E-state index in [9.17, 15) is 28.2 Å². The maximum absolute atomic E-state index is 12.6. The molecule has 1 aromatic carbocycles. The van der Waals surface area contributed by atoms with Gasteiger partial charge in [0.15, 0.2) is 5.82 Å². The summed E-state index contributed by atoms with van der Waals surface area (Å²) in [6.07, 6.45) is -3.18. The number of amides is 1. The second kappa shape index (κ2) is 8.75. The number of carbonyl (C=O) groups is 1. The predicted molar refractivity (Wildman–Crippen MR) is 107 cm³/mol. The lowest BCUT2D eigenvalue weighted by atomic mass is 9.98. The molecule has 1 fully saturated rings. The monoisotopic (exact) mass is 444 g/mol. The molecule has 1 saturated heterocycles. The van der Waals surface area contributed by atoms with E-state index >= 15 is 0 Å². The Hall–Kier alpha value is -2.43. The fourth-order valence-electron chi connectivity index (χ4n) is 3.41. The minimum Gasteiger partial charge on any atom is -0.508 e. The van der Waals surface area contributed by atoms with Crippen molar-refractivity contribution < 1.29 is 28.2 Å². The van der Waals surface area contributed by atoms with Gasteiger partial charge in [-0.1, -0.05) is 13.8 Å². The summed E-state index contributed by atoms with van der Waals surface area (Å²) < 4.78 is 39.2. The summed E-state index contributed by atoms with van der Waals surface area (Å²) in [6, 6.07) is 2.58. The smallest absolute Gasteiger partial charge is 0.405 e. The molecule has 1 aliphatic rings. The molecular weight excluding hydrogens is 421 g/mol. The highest BCUT2D eigenvalue weighted by Gasteiger charge is 2.32. The first-order valence-electron chi connectivity index (χ1n) is 9.52. The molecule has 1 amide bonds. The van der Waals surface area contributed by atoms with Gasteiger partial charge >= 0.3 is 6.18 Å². The van der Waals surface area contributed by atoms with Crippen molar-refractivity contribution >= 4 is 17.7 Å². The highest BCUT2D eigenvalue weighted by molar-refractivity contribution is 7.99. The van der Waals surface area contributed by atoms with Crippen molar-refractivity contribution in [1.82, 2.24) is 20.1 Å². The summed E-state index contributed by atoms with van der Waals surface area (Å²) in [7, 11) is 0. The molecule has 0 aliphatic carbocycles. The average molecular weight is 444 g/mol. The zero-order valence-corrected chi connectivity index (χ0v) is 17.3. The average Bonchev–Trinajstić information content (AvgIpc) is 3.11. The van der Waals surface area contributed by atoms with E-state index in [4.69, 9.17) is 0 Å². The van der Waals surface area contributed by atoms with Crippen LogP contribution in [0.3, 0.4) is 0 Å². The lowest BCUT2D eigenvalue weighted by Gasteiger charge is -2.25. The zero-order chi connectivity index (χ0) is 22.1. The second-order valence-corrected chi connectivity index (χ2v) is 8.67. The quantitative estimate of drug-likeness (QED) is 0.648. The Morgan fingerprint density at radius 3 is 2.50 bits per heavy atom. The summed E-state index contributed by atoms with van der Waals surface area (Å²) in [6.45, 7) is 2.26. The van der Waals surface area contributed by atoms with E-state index in [-0.39, 0.29) is 40.7 Å². The topological polar surface area (TPSA) is 100 Å². The Kier molecular flexibility index (Phi) is 6.49. The van der Waals surface area contributed by atoms with Gasteiger partial charge in [0.2, 0.25) is 5.82 Å². The number of benzene rings is 1. The standard InChI is InChI=1S/C19H23F3N4O3S/c1-10(2)12-7-13(15(28)8-14(12)27)16-24-25-17(18(29)23-9-19(20,21)22)26(16)11-3-5-30-6-4-11/h7-8,10-11,27-28H,3-6,9H2,1-2H3,(H,23,29). The van der Waals surface area contributed by atoms with Gasteiger partial charge in [-0.15, -0.1) is 10.2 Å². The number of hydrogen-bond acceptors (Lipinski definition) is 6. The highest BCUT2D eigenvalue weighted by Crippen LogP contribution is 2.39. The van der Waals surface area contributed by atoms with Gasteiger partial charge in [0, 0.05) is 12.1 Å². The Morgan fingerprint density at radius 1 is 1.23 bits per heavy atom. The van der Waals surface area contributed by atoms with Gasteiger partial charge in [-0.3, -0.25) is 9.36 Å². The van der Waals surface area contributed by atoms with E-state index in [2.05, 4.69) is 10.2 Å². The number of phenols is 2. The molecule has 3 rings (SSSR count). The van der Waals surface area contributed by atoms with Crippen molar-refractivity contribution in [2.24, 2.45) is 0 Å². The van der Waals surface area contributed by atoms with Crippen LogP contribution in [0.5, 0.6) is 11.5 Å². The number of rotatable bonds is 5. The van der Waals surface area contributed by atoms with Gasteiger partial charge < -0.3 is 15.5 Å². The van der Waals surface area contributed by atoms with Crippen molar-refractivity contribution in [3.8, 4) is 22.9 Å². The predicted octanol–water partition coefficient (Wildman–Crippen LogP) is 3.84. The number of thioether (sulfide) groups is 1. The van der Waals surface area contributed by atoms with E-state index in [0.717, 1.165) is 11.5 Å². The summed E-state index contributed by atoms with van der Waals surface area (Å²) in [5.41, 5.74) is 0.830. The SMILES string of the molecule is CC(C)c1cc(-c2nnc(C(=O)NCC(F)(F)F)n2C2CCSCC2)c(O)cc1O. The molecule has 7 nitrogen and oxygen atoms in total. The van der Waals surface area contributed by atoms with Crippen LogP contribution in [0.1, 0.15) is 54.8 Å². The number of nitrogens with zero attached hydrogens (tertiary/aromatic N) is 3. The van der Waals surface area contributed by atoms with Gasteiger partial charge in [0.05, 0.1) is 5.56 Å². The molecule has 0 radical (unpaired) electrons. The maximum atomic E-state index is 12.6. The van der Waals surface area contributed by atoms with E-state index in [1.54, 1.807) is 17.8 Å². The van der Waals surface area contributed by atoms with Crippen LogP contribution < -0.4 is 5.32 Å². The van der Waals surface area contributed by atoms with Gasteiger partial charge in [-0.05, 0) is 41.9 Å². The number of nitrogens with one attached hydrogen (secondary N) is 1. The number of aromatic nitrogens is 3. The van der Waals surface area contributed by atoms with Crippen LogP contribution in [0, 0.1) is 0 Å². The third kappa shape index (κ3) is 4.82. The Morgan fingerprint density at radius 2 is 1.90 bits per heavy atom. The maximum Gasteiger partial charge on any atom is 0.405 e. The van der Waals surface area contributed by atoms with E-state index in [0.29, 0.717) is 18.4 Å². The second-order valence-electron chi connectivity index (χ2n) is 7.44. The first kappa shape index (κ1) is 22.3. The molecule has 3 N–H and O–H groups in total. The Balaban J connectivity index is 2.08. The molecule has 164 valence electrons. The van der Waals surface area contributed by atoms with E-state index in [1.807, 2.05) is 19.2 Å². The molecule has 11 heteroatoms. The van der Waals surface area contributed by atoms with Gasteiger partial charge in [-0.25, -0.2) is 0 Å². The molecule has 0 bridgehead atoms. The number of alkyl halides is 3. The molecule has 1 aromatic heterocycles. The van der Waals surface area contributed by atoms with Crippen LogP contribution in [-0.2, 0) is 0 Å². The van der Waals surface area contributed by atoms with Gasteiger partial charge in [0.25, 0.3) is 5.91 Å². The van der Waals surface area contributed by atoms with Crippen molar-refractivity contribution in [3.63, 3.8) is 0 Å².